The zero-order valence-corrected chi connectivity index (χ0v) is 12.1. The average Bonchev–Trinajstić information content (AvgIpc) is 2.39. The van der Waals surface area contributed by atoms with E-state index in [2.05, 4.69) is 4.74 Å². The van der Waals surface area contributed by atoms with Crippen molar-refractivity contribution in [3.63, 3.8) is 0 Å². The highest BCUT2D eigenvalue weighted by atomic mass is 19.4. The van der Waals surface area contributed by atoms with E-state index in [1.54, 1.807) is 0 Å². The number of hydrogen-bond acceptors (Lipinski definition) is 2. The molecule has 0 aliphatic rings. The predicted octanol–water partition coefficient (Wildman–Crippen LogP) is 5.11. The van der Waals surface area contributed by atoms with Crippen LogP contribution in [0.4, 0.5) is 30.7 Å². The molecule has 0 N–H and O–H groups in total. The molecule has 0 aliphatic heterocycles. The van der Waals surface area contributed by atoms with E-state index in [4.69, 9.17) is 0 Å². The number of carbonyl (C=O) groups excluding carboxylic acids is 1. The molecule has 0 fully saturated rings. The normalized spacial score (nSPS) is 13.3. The molecule has 0 bridgehead atoms. The first-order valence-electron chi connectivity index (χ1n) is 6.98. The van der Waals surface area contributed by atoms with Crippen LogP contribution in [0, 0.1) is 0 Å². The highest BCUT2D eigenvalue weighted by molar-refractivity contribution is 5.79. The molecule has 0 aromatic rings. The van der Waals surface area contributed by atoms with E-state index in [1.807, 2.05) is 6.92 Å². The highest BCUT2D eigenvalue weighted by Gasteiger charge is 2.77. The van der Waals surface area contributed by atoms with Gasteiger partial charge in [-0.2, -0.15) is 30.7 Å². The van der Waals surface area contributed by atoms with Crippen LogP contribution in [-0.4, -0.2) is 30.6 Å². The van der Waals surface area contributed by atoms with Crippen molar-refractivity contribution in [3.05, 3.63) is 0 Å². The molecule has 22 heavy (non-hydrogen) atoms. The van der Waals surface area contributed by atoms with Crippen molar-refractivity contribution in [2.24, 2.45) is 0 Å². The Morgan fingerprint density at radius 2 is 1.27 bits per heavy atom. The molecule has 0 unspecified atom stereocenters. The Hall–Kier alpha value is -1.02. The molecule has 0 aliphatic carbocycles. The van der Waals surface area contributed by atoms with Gasteiger partial charge in [-0.15, -0.1) is 0 Å². The first-order valence-corrected chi connectivity index (χ1v) is 6.98. The molecule has 132 valence electrons. The summed E-state index contributed by atoms with van der Waals surface area (Å²) in [6, 6.07) is 0. The molecule has 0 heterocycles. The maximum Gasteiger partial charge on any atom is 0.460 e. The van der Waals surface area contributed by atoms with Crippen LogP contribution >= 0.6 is 0 Å². The van der Waals surface area contributed by atoms with Crippen molar-refractivity contribution in [3.8, 4) is 0 Å². The summed E-state index contributed by atoms with van der Waals surface area (Å²) in [4.78, 5) is 10.8. The standard InChI is InChI=1S/C13H19F7O2/c1-2-3-4-5-6-7-8-9-22-10(21)11(14,15)12(16,17)13(18,19)20/h2-9H2,1H3. The van der Waals surface area contributed by atoms with E-state index >= 15 is 0 Å². The third-order valence-corrected chi connectivity index (χ3v) is 2.99. The van der Waals surface area contributed by atoms with Crippen LogP contribution in [0.2, 0.25) is 0 Å². The Bertz CT molecular complexity index is 340. The first kappa shape index (κ1) is 21.0. The highest BCUT2D eigenvalue weighted by Crippen LogP contribution is 2.46. The Labute approximate surface area is 124 Å². The summed E-state index contributed by atoms with van der Waals surface area (Å²) in [5.74, 6) is -15.3. The molecule has 0 aromatic carbocycles. The zero-order chi connectivity index (χ0) is 17.4. The molecule has 0 saturated carbocycles. The first-order chi connectivity index (χ1) is 9.98. The van der Waals surface area contributed by atoms with Gasteiger partial charge in [0.15, 0.2) is 0 Å². The van der Waals surface area contributed by atoms with E-state index in [-0.39, 0.29) is 6.42 Å². The molecule has 0 radical (unpaired) electrons. The molecular formula is C13H19F7O2. The maximum absolute atomic E-state index is 12.9. The van der Waals surface area contributed by atoms with Gasteiger partial charge in [0, 0.05) is 0 Å². The number of halogens is 7. The Balaban J connectivity index is 4.16. The lowest BCUT2D eigenvalue weighted by Crippen LogP contribution is -2.56. The van der Waals surface area contributed by atoms with Crippen LogP contribution in [0.5, 0.6) is 0 Å². The van der Waals surface area contributed by atoms with Gasteiger partial charge in [0.25, 0.3) is 0 Å². The lowest BCUT2D eigenvalue weighted by Gasteiger charge is -2.26. The smallest absolute Gasteiger partial charge is 0.460 e. The second-order valence-corrected chi connectivity index (χ2v) is 4.90. The van der Waals surface area contributed by atoms with Crippen molar-refractivity contribution in [2.45, 2.75) is 69.9 Å². The number of unbranched alkanes of at least 4 members (excludes halogenated alkanes) is 6. The number of rotatable bonds is 10. The van der Waals surface area contributed by atoms with Crippen molar-refractivity contribution >= 4 is 5.97 Å². The second-order valence-electron chi connectivity index (χ2n) is 4.90. The monoisotopic (exact) mass is 340 g/mol. The van der Waals surface area contributed by atoms with Crippen LogP contribution in [-0.2, 0) is 9.53 Å². The Kier molecular flexibility index (Phi) is 8.17. The van der Waals surface area contributed by atoms with Gasteiger partial charge in [0.1, 0.15) is 0 Å². The van der Waals surface area contributed by atoms with Gasteiger partial charge >= 0.3 is 24.0 Å². The van der Waals surface area contributed by atoms with E-state index in [1.165, 1.54) is 0 Å². The molecule has 0 saturated heterocycles. The Morgan fingerprint density at radius 3 is 1.73 bits per heavy atom. The number of esters is 1. The summed E-state index contributed by atoms with van der Waals surface area (Å²) in [6.07, 6.45) is -1.17. The summed E-state index contributed by atoms with van der Waals surface area (Å²) in [5.41, 5.74) is 0. The molecule has 0 spiro atoms. The topological polar surface area (TPSA) is 26.3 Å². The Morgan fingerprint density at radius 1 is 0.818 bits per heavy atom. The minimum absolute atomic E-state index is 0.130. The van der Waals surface area contributed by atoms with Crippen LogP contribution in [0.1, 0.15) is 51.9 Å². The molecule has 0 aromatic heterocycles. The number of carbonyl (C=O) groups is 1. The number of ether oxygens (including phenoxy) is 1. The summed E-state index contributed by atoms with van der Waals surface area (Å²) in [6.45, 7) is 1.41. The lowest BCUT2D eigenvalue weighted by atomic mass is 10.1. The SMILES string of the molecule is CCCCCCCCCOC(=O)C(F)(F)C(F)(F)C(F)(F)F. The van der Waals surface area contributed by atoms with Crippen molar-refractivity contribution < 1.29 is 40.3 Å². The molecule has 0 atom stereocenters. The minimum Gasteiger partial charge on any atom is -0.461 e. The van der Waals surface area contributed by atoms with Gasteiger partial charge in [-0.25, -0.2) is 4.79 Å². The molecule has 0 rings (SSSR count). The van der Waals surface area contributed by atoms with E-state index in [0.29, 0.717) is 6.42 Å². The summed E-state index contributed by atoms with van der Waals surface area (Å²) in [7, 11) is 0. The van der Waals surface area contributed by atoms with E-state index < -0.39 is 30.6 Å². The molecule has 9 heteroatoms. The molecular weight excluding hydrogens is 321 g/mol. The maximum atomic E-state index is 12.9. The van der Waals surface area contributed by atoms with Crippen LogP contribution in [0.15, 0.2) is 0 Å². The average molecular weight is 340 g/mol. The van der Waals surface area contributed by atoms with Crippen molar-refractivity contribution in [2.75, 3.05) is 6.61 Å². The van der Waals surface area contributed by atoms with Gasteiger partial charge in [-0.1, -0.05) is 45.4 Å². The molecule has 0 amide bonds. The lowest BCUT2D eigenvalue weighted by molar-refractivity contribution is -0.348. The third-order valence-electron chi connectivity index (χ3n) is 2.99. The summed E-state index contributed by atoms with van der Waals surface area (Å²) < 4.78 is 90.2. The van der Waals surface area contributed by atoms with Crippen LogP contribution in [0.3, 0.4) is 0 Å². The van der Waals surface area contributed by atoms with Gasteiger partial charge in [-0.3, -0.25) is 0 Å². The van der Waals surface area contributed by atoms with Gasteiger partial charge in [0.2, 0.25) is 0 Å². The van der Waals surface area contributed by atoms with Gasteiger partial charge in [-0.05, 0) is 6.42 Å². The fraction of sp³-hybridized carbons (Fsp3) is 0.923. The van der Waals surface area contributed by atoms with E-state index in [0.717, 1.165) is 32.1 Å². The van der Waals surface area contributed by atoms with Gasteiger partial charge < -0.3 is 4.74 Å². The third kappa shape index (κ3) is 5.64. The largest absolute Gasteiger partial charge is 0.461 e. The number of hydrogen-bond donors (Lipinski definition) is 0. The zero-order valence-electron chi connectivity index (χ0n) is 12.1. The summed E-state index contributed by atoms with van der Waals surface area (Å²) >= 11 is 0. The van der Waals surface area contributed by atoms with Crippen molar-refractivity contribution in [1.29, 1.82) is 0 Å². The quantitative estimate of drug-likeness (QED) is 0.314. The fourth-order valence-electron chi connectivity index (χ4n) is 1.62. The predicted molar refractivity (Wildman–Crippen MR) is 64.9 cm³/mol. The fourth-order valence-corrected chi connectivity index (χ4v) is 1.62. The molecule has 2 nitrogen and oxygen atoms in total. The van der Waals surface area contributed by atoms with Crippen LogP contribution < -0.4 is 0 Å². The van der Waals surface area contributed by atoms with Crippen molar-refractivity contribution in [1.82, 2.24) is 0 Å². The number of alkyl halides is 7. The minimum atomic E-state index is -6.53. The second kappa shape index (κ2) is 8.57. The van der Waals surface area contributed by atoms with Gasteiger partial charge in [0.05, 0.1) is 6.61 Å². The van der Waals surface area contributed by atoms with E-state index in [9.17, 15) is 35.5 Å². The van der Waals surface area contributed by atoms with Crippen LogP contribution in [0.25, 0.3) is 0 Å². The summed E-state index contributed by atoms with van der Waals surface area (Å²) in [5, 5.41) is 0.